The first-order chi connectivity index (χ1) is 12.9. The number of carbonyl (C=O) groups excluding carboxylic acids is 1. The minimum atomic E-state index is -0.0674. The number of amides is 1. The number of nitrogens with zero attached hydrogens (tertiary/aromatic N) is 4. The van der Waals surface area contributed by atoms with E-state index in [1.807, 2.05) is 32.0 Å². The van der Waals surface area contributed by atoms with Crippen LogP contribution in [0.5, 0.6) is 0 Å². The van der Waals surface area contributed by atoms with Crippen molar-refractivity contribution < 1.29 is 4.79 Å². The average molecular weight is 433 g/mol. The summed E-state index contributed by atoms with van der Waals surface area (Å²) in [4.78, 5) is 27.3. The van der Waals surface area contributed by atoms with Crippen LogP contribution in [0.25, 0.3) is 0 Å². The van der Waals surface area contributed by atoms with Crippen LogP contribution >= 0.6 is 15.9 Å². The molecular formula is C19H25BrN6O. The monoisotopic (exact) mass is 432 g/mol. The molecule has 0 atom stereocenters. The Balaban J connectivity index is 1.53. The van der Waals surface area contributed by atoms with E-state index in [0.29, 0.717) is 17.6 Å². The highest BCUT2D eigenvalue weighted by molar-refractivity contribution is 9.10. The Kier molecular flexibility index (Phi) is 6.26. The molecule has 7 nitrogen and oxygen atoms in total. The molecule has 2 aromatic heterocycles. The molecule has 0 bridgehead atoms. The standard InChI is InChI=1S/C19H25BrN6O/c1-12-8-17(25-19(22-12)26(2)3)23-15-4-6-16(7-5-15)24-18(27)13-9-14(20)11-21-10-13/h8-11,15-16H,4-7H2,1-3H3,(H,24,27)(H,22,23,25). The van der Waals surface area contributed by atoms with Crippen LogP contribution in [0.2, 0.25) is 0 Å². The summed E-state index contributed by atoms with van der Waals surface area (Å²) in [6.07, 6.45) is 7.12. The van der Waals surface area contributed by atoms with Gasteiger partial charge < -0.3 is 15.5 Å². The fourth-order valence-electron chi connectivity index (χ4n) is 3.22. The molecule has 8 heteroatoms. The number of pyridine rings is 1. The van der Waals surface area contributed by atoms with Crippen LogP contribution in [0.1, 0.15) is 41.7 Å². The zero-order valence-corrected chi connectivity index (χ0v) is 17.5. The lowest BCUT2D eigenvalue weighted by molar-refractivity contribution is 0.0926. The topological polar surface area (TPSA) is 83.0 Å². The third-order valence-corrected chi connectivity index (χ3v) is 5.06. The molecule has 2 heterocycles. The van der Waals surface area contributed by atoms with Crippen molar-refractivity contribution in [2.45, 2.75) is 44.7 Å². The van der Waals surface area contributed by atoms with Gasteiger partial charge in [0.2, 0.25) is 5.95 Å². The van der Waals surface area contributed by atoms with E-state index in [4.69, 9.17) is 0 Å². The number of aryl methyl sites for hydroxylation is 1. The molecule has 2 N–H and O–H groups in total. The van der Waals surface area contributed by atoms with E-state index < -0.39 is 0 Å². The van der Waals surface area contributed by atoms with Gasteiger partial charge in [0.25, 0.3) is 5.91 Å². The van der Waals surface area contributed by atoms with Gasteiger partial charge in [0.1, 0.15) is 5.82 Å². The van der Waals surface area contributed by atoms with Crippen molar-refractivity contribution in [2.75, 3.05) is 24.3 Å². The summed E-state index contributed by atoms with van der Waals surface area (Å²) >= 11 is 3.35. The van der Waals surface area contributed by atoms with Crippen LogP contribution in [0, 0.1) is 6.92 Å². The predicted molar refractivity (Wildman–Crippen MR) is 110 cm³/mol. The van der Waals surface area contributed by atoms with E-state index in [0.717, 1.165) is 41.7 Å². The molecule has 3 rings (SSSR count). The fourth-order valence-corrected chi connectivity index (χ4v) is 3.59. The van der Waals surface area contributed by atoms with E-state index in [2.05, 4.69) is 41.5 Å². The third kappa shape index (κ3) is 5.38. The van der Waals surface area contributed by atoms with E-state index in [1.54, 1.807) is 18.5 Å². The lowest BCUT2D eigenvalue weighted by Crippen LogP contribution is -2.40. The molecule has 0 saturated heterocycles. The quantitative estimate of drug-likeness (QED) is 0.754. The van der Waals surface area contributed by atoms with Crippen LogP contribution in [-0.4, -0.2) is 47.0 Å². The summed E-state index contributed by atoms with van der Waals surface area (Å²) in [7, 11) is 3.88. The maximum Gasteiger partial charge on any atom is 0.253 e. The maximum atomic E-state index is 12.4. The van der Waals surface area contributed by atoms with Gasteiger partial charge in [-0.1, -0.05) is 0 Å². The molecular weight excluding hydrogens is 408 g/mol. The Hall–Kier alpha value is -2.22. The molecule has 2 aromatic rings. The van der Waals surface area contributed by atoms with Gasteiger partial charge in [-0.2, -0.15) is 4.98 Å². The Bertz CT molecular complexity index is 805. The Morgan fingerprint density at radius 1 is 1.11 bits per heavy atom. The number of rotatable bonds is 5. The lowest BCUT2D eigenvalue weighted by Gasteiger charge is -2.30. The number of aromatic nitrogens is 3. The SMILES string of the molecule is Cc1cc(NC2CCC(NC(=O)c3cncc(Br)c3)CC2)nc(N(C)C)n1. The Labute approximate surface area is 168 Å². The minimum absolute atomic E-state index is 0.0674. The molecule has 1 amide bonds. The van der Waals surface area contributed by atoms with Crippen LogP contribution < -0.4 is 15.5 Å². The molecule has 27 heavy (non-hydrogen) atoms. The van der Waals surface area contributed by atoms with E-state index >= 15 is 0 Å². The van der Waals surface area contributed by atoms with Crippen LogP contribution in [0.4, 0.5) is 11.8 Å². The maximum absolute atomic E-state index is 12.4. The van der Waals surface area contributed by atoms with Gasteiger partial charge >= 0.3 is 0 Å². The second-order valence-corrected chi connectivity index (χ2v) is 8.06. The van der Waals surface area contributed by atoms with Crippen molar-refractivity contribution in [1.29, 1.82) is 0 Å². The van der Waals surface area contributed by atoms with E-state index in [1.165, 1.54) is 0 Å². The number of anilines is 2. The predicted octanol–water partition coefficient (Wildman–Crippen LogP) is 3.16. The zero-order valence-electron chi connectivity index (χ0n) is 15.9. The third-order valence-electron chi connectivity index (χ3n) is 4.62. The summed E-state index contributed by atoms with van der Waals surface area (Å²) < 4.78 is 0.806. The Morgan fingerprint density at radius 3 is 2.48 bits per heavy atom. The molecule has 1 aliphatic carbocycles. The molecule has 0 unspecified atom stereocenters. The highest BCUT2D eigenvalue weighted by atomic mass is 79.9. The second kappa shape index (κ2) is 8.65. The fraction of sp³-hybridized carbons (Fsp3) is 0.474. The van der Waals surface area contributed by atoms with Crippen molar-refractivity contribution in [3.05, 3.63) is 40.3 Å². The summed E-state index contributed by atoms with van der Waals surface area (Å²) in [5.74, 6) is 1.50. The number of halogens is 1. The molecule has 0 spiro atoms. The molecule has 144 valence electrons. The van der Waals surface area contributed by atoms with Gasteiger partial charge in [-0.15, -0.1) is 0 Å². The van der Waals surface area contributed by atoms with Crippen molar-refractivity contribution in [1.82, 2.24) is 20.3 Å². The number of hydrogen-bond acceptors (Lipinski definition) is 6. The molecule has 1 saturated carbocycles. The minimum Gasteiger partial charge on any atom is -0.367 e. The van der Waals surface area contributed by atoms with Crippen LogP contribution in [0.15, 0.2) is 29.0 Å². The van der Waals surface area contributed by atoms with Crippen molar-refractivity contribution in [3.63, 3.8) is 0 Å². The normalized spacial score (nSPS) is 19.4. The molecule has 0 radical (unpaired) electrons. The summed E-state index contributed by atoms with van der Waals surface area (Å²) in [5, 5.41) is 6.64. The van der Waals surface area contributed by atoms with Gasteiger partial charge in [0.15, 0.2) is 0 Å². The van der Waals surface area contributed by atoms with Crippen LogP contribution in [0.3, 0.4) is 0 Å². The van der Waals surface area contributed by atoms with Gasteiger partial charge in [0.05, 0.1) is 5.56 Å². The number of carbonyl (C=O) groups is 1. The number of nitrogens with one attached hydrogen (secondary N) is 2. The van der Waals surface area contributed by atoms with Gasteiger partial charge in [-0.3, -0.25) is 9.78 Å². The first kappa shape index (κ1) is 19.5. The first-order valence-electron chi connectivity index (χ1n) is 9.11. The van der Waals surface area contributed by atoms with E-state index in [-0.39, 0.29) is 11.9 Å². The zero-order chi connectivity index (χ0) is 19.4. The smallest absolute Gasteiger partial charge is 0.253 e. The van der Waals surface area contributed by atoms with Gasteiger partial charge in [-0.25, -0.2) is 4.98 Å². The lowest BCUT2D eigenvalue weighted by atomic mass is 9.91. The van der Waals surface area contributed by atoms with Gasteiger partial charge in [-0.05, 0) is 54.6 Å². The summed E-state index contributed by atoms with van der Waals surface area (Å²) in [6, 6.07) is 4.31. The van der Waals surface area contributed by atoms with Crippen LogP contribution in [-0.2, 0) is 0 Å². The average Bonchev–Trinajstić information content (AvgIpc) is 2.63. The molecule has 1 fully saturated rings. The summed E-state index contributed by atoms with van der Waals surface area (Å²) in [6.45, 7) is 1.98. The molecule has 0 aliphatic heterocycles. The molecule has 1 aliphatic rings. The highest BCUT2D eigenvalue weighted by Gasteiger charge is 2.23. The first-order valence-corrected chi connectivity index (χ1v) is 9.91. The van der Waals surface area contributed by atoms with E-state index in [9.17, 15) is 4.79 Å². The highest BCUT2D eigenvalue weighted by Crippen LogP contribution is 2.23. The second-order valence-electron chi connectivity index (χ2n) is 7.15. The largest absolute Gasteiger partial charge is 0.367 e. The van der Waals surface area contributed by atoms with Crippen molar-refractivity contribution in [2.24, 2.45) is 0 Å². The van der Waals surface area contributed by atoms with Crippen molar-refractivity contribution in [3.8, 4) is 0 Å². The number of hydrogen-bond donors (Lipinski definition) is 2. The van der Waals surface area contributed by atoms with Crippen molar-refractivity contribution >= 4 is 33.6 Å². The van der Waals surface area contributed by atoms with Gasteiger partial charge in [0, 0.05) is 54.8 Å². The molecule has 0 aromatic carbocycles. The summed E-state index contributed by atoms with van der Waals surface area (Å²) in [5.41, 5.74) is 1.53. The Morgan fingerprint density at radius 2 is 1.81 bits per heavy atom.